The second-order valence-electron chi connectivity index (χ2n) is 4.06. The summed E-state index contributed by atoms with van der Waals surface area (Å²) in [5.74, 6) is 0. The lowest BCUT2D eigenvalue weighted by atomic mass is 10.1. The van der Waals surface area contributed by atoms with E-state index in [1.54, 1.807) is 7.11 Å². The van der Waals surface area contributed by atoms with Crippen LogP contribution in [-0.4, -0.2) is 42.8 Å². The van der Waals surface area contributed by atoms with Crippen LogP contribution in [0.4, 0.5) is 0 Å². The zero-order chi connectivity index (χ0) is 12.5. The zero-order valence-electron chi connectivity index (χ0n) is 10.8. The lowest BCUT2D eigenvalue weighted by Gasteiger charge is -2.10. The van der Waals surface area contributed by atoms with Crippen molar-refractivity contribution in [2.75, 3.05) is 26.9 Å². The lowest BCUT2D eigenvalue weighted by molar-refractivity contribution is 0.0672. The third-order valence-corrected chi connectivity index (χ3v) is 2.57. The summed E-state index contributed by atoms with van der Waals surface area (Å²) >= 11 is 0. The fraction of sp³-hybridized carbons (Fsp3) is 0.750. The molecule has 0 spiro atoms. The van der Waals surface area contributed by atoms with Gasteiger partial charge in [0.2, 0.25) is 0 Å². The molecule has 1 heterocycles. The molecule has 0 saturated heterocycles. The first-order valence-corrected chi connectivity index (χ1v) is 6.09. The maximum absolute atomic E-state index is 6.02. The maximum atomic E-state index is 6.02. The van der Waals surface area contributed by atoms with E-state index >= 15 is 0 Å². The van der Waals surface area contributed by atoms with E-state index in [9.17, 15) is 0 Å². The molecule has 2 N–H and O–H groups in total. The number of rotatable bonds is 9. The Morgan fingerprint density at radius 1 is 1.41 bits per heavy atom. The van der Waals surface area contributed by atoms with Gasteiger partial charge in [-0.2, -0.15) is 5.10 Å². The maximum Gasteiger partial charge on any atom is 0.0700 e. The SMILES string of the molecule is CCn1cc(CC(N)CCOCCOC)cn1. The summed E-state index contributed by atoms with van der Waals surface area (Å²) in [6, 6.07) is 0.132. The molecule has 0 aliphatic heterocycles. The molecule has 0 aromatic carbocycles. The number of nitrogens with two attached hydrogens (primary N) is 1. The Labute approximate surface area is 103 Å². The van der Waals surface area contributed by atoms with Gasteiger partial charge in [0.1, 0.15) is 0 Å². The van der Waals surface area contributed by atoms with Crippen LogP contribution in [0.5, 0.6) is 0 Å². The van der Waals surface area contributed by atoms with E-state index in [1.807, 2.05) is 17.1 Å². The molecule has 0 fully saturated rings. The Kier molecular flexibility index (Phi) is 6.84. The molecule has 0 amide bonds. The second-order valence-corrected chi connectivity index (χ2v) is 4.06. The molecule has 5 nitrogen and oxygen atoms in total. The fourth-order valence-electron chi connectivity index (χ4n) is 1.57. The molecule has 17 heavy (non-hydrogen) atoms. The van der Waals surface area contributed by atoms with Gasteiger partial charge in [0.05, 0.1) is 19.4 Å². The fourth-order valence-corrected chi connectivity index (χ4v) is 1.57. The van der Waals surface area contributed by atoms with Crippen molar-refractivity contribution in [1.82, 2.24) is 9.78 Å². The first-order valence-electron chi connectivity index (χ1n) is 6.09. The van der Waals surface area contributed by atoms with Crippen LogP contribution in [0.25, 0.3) is 0 Å². The van der Waals surface area contributed by atoms with Gasteiger partial charge in [-0.25, -0.2) is 0 Å². The molecule has 1 aromatic rings. The topological polar surface area (TPSA) is 62.3 Å². The molecule has 5 heteroatoms. The van der Waals surface area contributed by atoms with Gasteiger partial charge in [-0.1, -0.05) is 0 Å². The van der Waals surface area contributed by atoms with Crippen LogP contribution in [0.3, 0.4) is 0 Å². The molecule has 0 aliphatic rings. The molecule has 98 valence electrons. The Morgan fingerprint density at radius 3 is 2.88 bits per heavy atom. The summed E-state index contributed by atoms with van der Waals surface area (Å²) in [5, 5.41) is 4.22. The lowest BCUT2D eigenvalue weighted by Crippen LogP contribution is -2.24. The van der Waals surface area contributed by atoms with Gasteiger partial charge in [0.25, 0.3) is 0 Å². The van der Waals surface area contributed by atoms with Gasteiger partial charge in [-0.15, -0.1) is 0 Å². The van der Waals surface area contributed by atoms with Crippen LogP contribution in [0, 0.1) is 0 Å². The van der Waals surface area contributed by atoms with Crippen molar-refractivity contribution >= 4 is 0 Å². The van der Waals surface area contributed by atoms with E-state index in [0.29, 0.717) is 19.8 Å². The number of nitrogens with zero attached hydrogens (tertiary/aromatic N) is 2. The molecule has 0 radical (unpaired) electrons. The molecule has 1 aromatic heterocycles. The third kappa shape index (κ3) is 5.81. The highest BCUT2D eigenvalue weighted by molar-refractivity contribution is 5.05. The highest BCUT2D eigenvalue weighted by Gasteiger charge is 2.06. The Balaban J connectivity index is 2.13. The van der Waals surface area contributed by atoms with E-state index in [2.05, 4.69) is 12.0 Å². The minimum atomic E-state index is 0.132. The number of hydrogen-bond donors (Lipinski definition) is 1. The van der Waals surface area contributed by atoms with Gasteiger partial charge >= 0.3 is 0 Å². The summed E-state index contributed by atoms with van der Waals surface area (Å²) in [6.07, 6.45) is 5.65. The normalized spacial score (nSPS) is 12.9. The van der Waals surface area contributed by atoms with Crippen molar-refractivity contribution in [3.05, 3.63) is 18.0 Å². The number of aryl methyl sites for hydroxylation is 1. The molecular weight excluding hydrogens is 218 g/mol. The highest BCUT2D eigenvalue weighted by atomic mass is 16.5. The minimum Gasteiger partial charge on any atom is -0.382 e. The van der Waals surface area contributed by atoms with Gasteiger partial charge < -0.3 is 15.2 Å². The van der Waals surface area contributed by atoms with Crippen LogP contribution < -0.4 is 5.73 Å². The largest absolute Gasteiger partial charge is 0.382 e. The van der Waals surface area contributed by atoms with Crippen LogP contribution in [0.15, 0.2) is 12.4 Å². The first-order chi connectivity index (χ1) is 8.26. The third-order valence-electron chi connectivity index (χ3n) is 2.57. The predicted molar refractivity (Wildman–Crippen MR) is 66.9 cm³/mol. The zero-order valence-corrected chi connectivity index (χ0v) is 10.8. The molecule has 0 saturated carbocycles. The molecule has 1 atom stereocenters. The second kappa shape index (κ2) is 8.22. The summed E-state index contributed by atoms with van der Waals surface area (Å²) in [5.41, 5.74) is 7.21. The Hall–Kier alpha value is -0.910. The summed E-state index contributed by atoms with van der Waals surface area (Å²) < 4.78 is 12.2. The van der Waals surface area contributed by atoms with Crippen LogP contribution in [-0.2, 0) is 22.4 Å². The number of aromatic nitrogens is 2. The minimum absolute atomic E-state index is 0.132. The Morgan fingerprint density at radius 2 is 2.24 bits per heavy atom. The van der Waals surface area contributed by atoms with Gasteiger partial charge in [-0.3, -0.25) is 4.68 Å². The summed E-state index contributed by atoms with van der Waals surface area (Å²) in [7, 11) is 1.67. The van der Waals surface area contributed by atoms with Gasteiger partial charge in [-0.05, 0) is 25.3 Å². The van der Waals surface area contributed by atoms with E-state index in [1.165, 1.54) is 5.56 Å². The van der Waals surface area contributed by atoms with Gasteiger partial charge in [0.15, 0.2) is 0 Å². The van der Waals surface area contributed by atoms with Crippen molar-refractivity contribution in [1.29, 1.82) is 0 Å². The smallest absolute Gasteiger partial charge is 0.0700 e. The van der Waals surface area contributed by atoms with Crippen molar-refractivity contribution in [3.8, 4) is 0 Å². The predicted octanol–water partition coefficient (Wildman–Crippen LogP) is 0.826. The summed E-state index contributed by atoms with van der Waals surface area (Å²) in [6.45, 7) is 4.93. The van der Waals surface area contributed by atoms with Crippen molar-refractivity contribution in [3.63, 3.8) is 0 Å². The molecular formula is C12H23N3O2. The number of hydrogen-bond acceptors (Lipinski definition) is 4. The number of ether oxygens (including phenoxy) is 2. The number of methoxy groups -OCH3 is 1. The molecule has 1 rings (SSSR count). The molecule has 0 aliphatic carbocycles. The average Bonchev–Trinajstić information content (AvgIpc) is 2.76. The van der Waals surface area contributed by atoms with Crippen LogP contribution >= 0.6 is 0 Å². The van der Waals surface area contributed by atoms with Crippen molar-refractivity contribution in [2.45, 2.75) is 32.4 Å². The van der Waals surface area contributed by atoms with Gasteiger partial charge in [0, 0.05) is 32.5 Å². The quantitative estimate of drug-likeness (QED) is 0.650. The summed E-state index contributed by atoms with van der Waals surface area (Å²) in [4.78, 5) is 0. The van der Waals surface area contributed by atoms with E-state index in [-0.39, 0.29) is 6.04 Å². The molecule has 1 unspecified atom stereocenters. The van der Waals surface area contributed by atoms with Crippen molar-refractivity contribution in [2.24, 2.45) is 5.73 Å². The molecule has 0 bridgehead atoms. The van der Waals surface area contributed by atoms with E-state index in [0.717, 1.165) is 19.4 Å². The van der Waals surface area contributed by atoms with Crippen LogP contribution in [0.1, 0.15) is 18.9 Å². The highest BCUT2D eigenvalue weighted by Crippen LogP contribution is 2.03. The van der Waals surface area contributed by atoms with E-state index < -0.39 is 0 Å². The van der Waals surface area contributed by atoms with E-state index in [4.69, 9.17) is 15.2 Å². The van der Waals surface area contributed by atoms with Crippen molar-refractivity contribution < 1.29 is 9.47 Å². The Bertz CT molecular complexity index is 302. The standard InChI is InChI=1S/C12H23N3O2/c1-3-15-10-11(9-14-15)8-12(13)4-5-17-7-6-16-2/h9-10,12H,3-8,13H2,1-2H3. The monoisotopic (exact) mass is 241 g/mol. The average molecular weight is 241 g/mol. The first kappa shape index (κ1) is 14.2. The van der Waals surface area contributed by atoms with Crippen LogP contribution in [0.2, 0.25) is 0 Å².